The maximum Gasteiger partial charge on any atom is 0.0608 e. The topological polar surface area (TPSA) is 9.23 Å². The molecule has 3 aromatic carbocycles. The quantitative estimate of drug-likeness (QED) is 0.548. The molecule has 1 aliphatic carbocycles. The molecule has 25 heavy (non-hydrogen) atoms. The van der Waals surface area contributed by atoms with Crippen LogP contribution >= 0.6 is 11.8 Å². The van der Waals surface area contributed by atoms with Crippen molar-refractivity contribution in [1.29, 1.82) is 0 Å². The van der Waals surface area contributed by atoms with Gasteiger partial charge in [0.2, 0.25) is 0 Å². The lowest BCUT2D eigenvalue weighted by Gasteiger charge is -2.31. The van der Waals surface area contributed by atoms with Crippen LogP contribution in [-0.2, 0) is 10.2 Å². The summed E-state index contributed by atoms with van der Waals surface area (Å²) in [6.07, 6.45) is 0. The molecule has 0 atom stereocenters. The van der Waals surface area contributed by atoms with Crippen molar-refractivity contribution >= 4 is 11.8 Å². The van der Waals surface area contributed by atoms with Crippen molar-refractivity contribution in [2.45, 2.75) is 17.2 Å². The smallest absolute Gasteiger partial charge is 0.0608 e. The van der Waals surface area contributed by atoms with Crippen LogP contribution in [0.2, 0.25) is 0 Å². The van der Waals surface area contributed by atoms with E-state index in [1.54, 1.807) is 0 Å². The van der Waals surface area contributed by atoms with Crippen LogP contribution in [-0.4, -0.2) is 19.5 Å². The molecule has 0 saturated carbocycles. The SMILES string of the molecule is COCC1(CSc2ccc(C)cc2)c2ccccc2-c2ccccc21. The molecule has 0 radical (unpaired) electrons. The summed E-state index contributed by atoms with van der Waals surface area (Å²) in [6, 6.07) is 26.4. The summed E-state index contributed by atoms with van der Waals surface area (Å²) in [5.41, 5.74) is 6.67. The molecule has 0 bridgehead atoms. The highest BCUT2D eigenvalue weighted by Crippen LogP contribution is 2.51. The third-order valence-corrected chi connectivity index (χ3v) is 6.32. The van der Waals surface area contributed by atoms with E-state index in [0.717, 1.165) is 5.75 Å². The van der Waals surface area contributed by atoms with E-state index in [-0.39, 0.29) is 5.41 Å². The standard InChI is InChI=1S/C23H22OS/c1-17-11-13-18(14-12-17)25-16-23(15-24-2)21-9-5-3-7-19(21)20-8-4-6-10-22(20)23/h3-14H,15-16H2,1-2H3. The van der Waals surface area contributed by atoms with Gasteiger partial charge in [0, 0.05) is 17.8 Å². The van der Waals surface area contributed by atoms with E-state index in [1.165, 1.54) is 32.7 Å². The first-order valence-electron chi connectivity index (χ1n) is 8.62. The molecule has 0 aliphatic heterocycles. The molecule has 0 heterocycles. The number of fused-ring (bicyclic) bond motifs is 3. The Labute approximate surface area is 154 Å². The zero-order valence-corrected chi connectivity index (χ0v) is 15.5. The molecule has 0 amide bonds. The molecule has 2 heteroatoms. The van der Waals surface area contributed by atoms with Crippen molar-refractivity contribution < 1.29 is 4.74 Å². The molecule has 4 rings (SSSR count). The van der Waals surface area contributed by atoms with E-state index in [4.69, 9.17) is 4.74 Å². The fourth-order valence-corrected chi connectivity index (χ4v) is 4.99. The van der Waals surface area contributed by atoms with E-state index in [9.17, 15) is 0 Å². The lowest BCUT2D eigenvalue weighted by atomic mass is 9.81. The van der Waals surface area contributed by atoms with Gasteiger partial charge < -0.3 is 4.74 Å². The normalized spacial score (nSPS) is 14.2. The molecule has 0 aromatic heterocycles. The third kappa shape index (κ3) is 2.80. The van der Waals surface area contributed by atoms with E-state index >= 15 is 0 Å². The predicted octanol–water partition coefficient (Wildman–Crippen LogP) is 5.70. The van der Waals surface area contributed by atoms with Gasteiger partial charge in [-0.15, -0.1) is 11.8 Å². The van der Waals surface area contributed by atoms with Crippen LogP contribution in [0, 0.1) is 6.92 Å². The molecule has 0 unspecified atom stereocenters. The van der Waals surface area contributed by atoms with Crippen molar-refractivity contribution in [2.24, 2.45) is 0 Å². The second kappa shape index (κ2) is 6.70. The molecule has 0 spiro atoms. The summed E-state index contributed by atoms with van der Waals surface area (Å²) >= 11 is 1.91. The highest BCUT2D eigenvalue weighted by atomic mass is 32.2. The van der Waals surface area contributed by atoms with E-state index in [2.05, 4.69) is 79.7 Å². The summed E-state index contributed by atoms with van der Waals surface area (Å²) in [5.74, 6) is 0.970. The Kier molecular flexibility index (Phi) is 4.41. The number of aryl methyl sites for hydroxylation is 1. The van der Waals surface area contributed by atoms with Crippen LogP contribution < -0.4 is 0 Å². The first-order chi connectivity index (χ1) is 12.2. The minimum Gasteiger partial charge on any atom is -0.383 e. The number of ether oxygens (including phenoxy) is 1. The van der Waals surface area contributed by atoms with Crippen LogP contribution in [0.1, 0.15) is 16.7 Å². The Morgan fingerprint density at radius 3 is 1.92 bits per heavy atom. The fraction of sp³-hybridized carbons (Fsp3) is 0.217. The molecule has 1 nitrogen and oxygen atoms in total. The number of hydrogen-bond donors (Lipinski definition) is 0. The zero-order valence-electron chi connectivity index (χ0n) is 14.7. The maximum atomic E-state index is 5.74. The van der Waals surface area contributed by atoms with Gasteiger partial charge in [0.05, 0.1) is 12.0 Å². The van der Waals surface area contributed by atoms with Gasteiger partial charge in [0.1, 0.15) is 0 Å². The van der Waals surface area contributed by atoms with Gasteiger partial charge in [-0.05, 0) is 41.3 Å². The Morgan fingerprint density at radius 1 is 0.800 bits per heavy atom. The minimum atomic E-state index is -0.0997. The molecular weight excluding hydrogens is 324 g/mol. The number of methoxy groups -OCH3 is 1. The van der Waals surface area contributed by atoms with E-state index in [1.807, 2.05) is 18.9 Å². The lowest BCUT2D eigenvalue weighted by Crippen LogP contribution is -2.33. The maximum absolute atomic E-state index is 5.74. The largest absolute Gasteiger partial charge is 0.383 e. The fourth-order valence-electron chi connectivity index (χ4n) is 3.86. The van der Waals surface area contributed by atoms with Crippen molar-refractivity contribution in [1.82, 2.24) is 0 Å². The van der Waals surface area contributed by atoms with Crippen molar-refractivity contribution in [3.8, 4) is 11.1 Å². The monoisotopic (exact) mass is 346 g/mol. The van der Waals surface area contributed by atoms with Gasteiger partial charge >= 0.3 is 0 Å². The summed E-state index contributed by atoms with van der Waals surface area (Å²) < 4.78 is 5.74. The average Bonchev–Trinajstić information content (AvgIpc) is 2.93. The van der Waals surface area contributed by atoms with Crippen LogP contribution in [0.5, 0.6) is 0 Å². The second-order valence-corrected chi connectivity index (χ2v) is 7.76. The molecule has 1 aliphatic rings. The van der Waals surface area contributed by atoms with Crippen LogP contribution in [0.25, 0.3) is 11.1 Å². The first kappa shape index (κ1) is 16.4. The van der Waals surface area contributed by atoms with Gasteiger partial charge in [-0.25, -0.2) is 0 Å². The van der Waals surface area contributed by atoms with Crippen molar-refractivity contribution in [2.75, 3.05) is 19.5 Å². The van der Waals surface area contributed by atoms with Gasteiger partial charge in [0.25, 0.3) is 0 Å². The molecule has 0 fully saturated rings. The van der Waals surface area contributed by atoms with Gasteiger partial charge in [0.15, 0.2) is 0 Å². The summed E-state index contributed by atoms with van der Waals surface area (Å²) in [4.78, 5) is 1.31. The Morgan fingerprint density at radius 2 is 1.36 bits per heavy atom. The minimum absolute atomic E-state index is 0.0997. The molecule has 0 saturated heterocycles. The number of thioether (sulfide) groups is 1. The highest BCUT2D eigenvalue weighted by molar-refractivity contribution is 7.99. The predicted molar refractivity (Wildman–Crippen MR) is 106 cm³/mol. The molecule has 3 aromatic rings. The lowest BCUT2D eigenvalue weighted by molar-refractivity contribution is 0.159. The van der Waals surface area contributed by atoms with Crippen molar-refractivity contribution in [3.05, 3.63) is 89.5 Å². The number of hydrogen-bond acceptors (Lipinski definition) is 2. The summed E-state index contributed by atoms with van der Waals surface area (Å²) in [5, 5.41) is 0. The molecule has 126 valence electrons. The Balaban J connectivity index is 1.78. The molecular formula is C23H22OS. The number of benzene rings is 3. The number of rotatable bonds is 5. The summed E-state index contributed by atoms with van der Waals surface area (Å²) in [7, 11) is 1.81. The van der Waals surface area contributed by atoms with Crippen LogP contribution in [0.4, 0.5) is 0 Å². The Hall–Kier alpha value is -2.03. The molecule has 0 N–H and O–H groups in total. The average molecular weight is 346 g/mol. The summed E-state index contributed by atoms with van der Waals surface area (Å²) in [6.45, 7) is 2.82. The van der Waals surface area contributed by atoms with Gasteiger partial charge in [-0.1, -0.05) is 66.2 Å². The Bertz CT molecular complexity index is 837. The highest BCUT2D eigenvalue weighted by Gasteiger charge is 2.43. The van der Waals surface area contributed by atoms with Gasteiger partial charge in [-0.3, -0.25) is 0 Å². The van der Waals surface area contributed by atoms with Crippen LogP contribution in [0.15, 0.2) is 77.7 Å². The van der Waals surface area contributed by atoms with Crippen molar-refractivity contribution in [3.63, 3.8) is 0 Å². The first-order valence-corrected chi connectivity index (χ1v) is 9.61. The zero-order chi connectivity index (χ0) is 17.3. The van der Waals surface area contributed by atoms with Gasteiger partial charge in [-0.2, -0.15) is 0 Å². The second-order valence-electron chi connectivity index (χ2n) is 6.71. The van der Waals surface area contributed by atoms with Crippen LogP contribution in [0.3, 0.4) is 0 Å². The van der Waals surface area contributed by atoms with E-state index in [0.29, 0.717) is 6.61 Å². The third-order valence-electron chi connectivity index (χ3n) is 5.07. The van der Waals surface area contributed by atoms with E-state index < -0.39 is 0 Å².